The Kier molecular flexibility index (Phi) is 4.58. The van der Waals surface area contributed by atoms with Gasteiger partial charge in [-0.15, -0.1) is 0 Å². The SMILES string of the molecule is Cc1ccc(Cn2ncc3c(C(=O)N4CCc5ccccc5C4)cc(C)nc32)cc1. The molecule has 0 spiro atoms. The first-order chi connectivity index (χ1) is 14.6. The molecule has 150 valence electrons. The molecule has 5 nitrogen and oxygen atoms in total. The van der Waals surface area contributed by atoms with Crippen LogP contribution in [0.5, 0.6) is 0 Å². The fourth-order valence-corrected chi connectivity index (χ4v) is 4.17. The molecule has 5 heteroatoms. The summed E-state index contributed by atoms with van der Waals surface area (Å²) in [5.41, 5.74) is 7.23. The van der Waals surface area contributed by atoms with Gasteiger partial charge in [0.15, 0.2) is 5.65 Å². The molecule has 0 atom stereocenters. The highest BCUT2D eigenvalue weighted by Crippen LogP contribution is 2.24. The Labute approximate surface area is 176 Å². The maximum atomic E-state index is 13.4. The molecule has 0 N–H and O–H groups in total. The Bertz CT molecular complexity index is 1240. The van der Waals surface area contributed by atoms with E-state index < -0.39 is 0 Å². The van der Waals surface area contributed by atoms with Crippen molar-refractivity contribution in [3.8, 4) is 0 Å². The first kappa shape index (κ1) is 18.6. The third-order valence-electron chi connectivity index (χ3n) is 5.84. The van der Waals surface area contributed by atoms with Crippen molar-refractivity contribution in [3.05, 3.63) is 94.3 Å². The van der Waals surface area contributed by atoms with Gasteiger partial charge in [0.05, 0.1) is 23.7 Å². The van der Waals surface area contributed by atoms with Crippen LogP contribution in [-0.4, -0.2) is 32.1 Å². The van der Waals surface area contributed by atoms with Gasteiger partial charge >= 0.3 is 0 Å². The van der Waals surface area contributed by atoms with E-state index in [0.717, 1.165) is 35.3 Å². The molecule has 0 aliphatic carbocycles. The van der Waals surface area contributed by atoms with Gasteiger partial charge in [0.1, 0.15) is 0 Å². The lowest BCUT2D eigenvalue weighted by atomic mass is 9.99. The minimum Gasteiger partial charge on any atom is -0.334 e. The molecule has 2 aromatic carbocycles. The Morgan fingerprint density at radius 3 is 2.60 bits per heavy atom. The first-order valence-corrected chi connectivity index (χ1v) is 10.3. The van der Waals surface area contributed by atoms with Crippen LogP contribution in [0.4, 0.5) is 0 Å². The molecular weight excluding hydrogens is 372 g/mol. The molecule has 4 aromatic rings. The van der Waals surface area contributed by atoms with Crippen LogP contribution < -0.4 is 0 Å². The monoisotopic (exact) mass is 396 g/mol. The highest BCUT2D eigenvalue weighted by atomic mass is 16.2. The van der Waals surface area contributed by atoms with Gasteiger partial charge in [-0.2, -0.15) is 5.10 Å². The Balaban J connectivity index is 1.48. The molecule has 0 saturated carbocycles. The fraction of sp³-hybridized carbons (Fsp3) is 0.240. The van der Waals surface area contributed by atoms with Gasteiger partial charge in [0.2, 0.25) is 0 Å². The zero-order chi connectivity index (χ0) is 20.7. The van der Waals surface area contributed by atoms with Crippen molar-refractivity contribution >= 4 is 16.9 Å². The van der Waals surface area contributed by atoms with Crippen molar-refractivity contribution in [3.63, 3.8) is 0 Å². The molecule has 1 amide bonds. The van der Waals surface area contributed by atoms with Crippen molar-refractivity contribution in [1.29, 1.82) is 0 Å². The van der Waals surface area contributed by atoms with Gasteiger partial charge in [-0.1, -0.05) is 54.1 Å². The Morgan fingerprint density at radius 1 is 1.03 bits per heavy atom. The minimum absolute atomic E-state index is 0.0508. The van der Waals surface area contributed by atoms with Gasteiger partial charge in [0.25, 0.3) is 5.91 Å². The second-order valence-electron chi connectivity index (χ2n) is 8.08. The number of amides is 1. The summed E-state index contributed by atoms with van der Waals surface area (Å²) in [4.78, 5) is 20.1. The van der Waals surface area contributed by atoms with E-state index in [1.54, 1.807) is 6.20 Å². The normalized spacial score (nSPS) is 13.5. The summed E-state index contributed by atoms with van der Waals surface area (Å²) in [6.07, 6.45) is 2.67. The molecule has 3 heterocycles. The van der Waals surface area contributed by atoms with Crippen molar-refractivity contribution in [2.75, 3.05) is 6.54 Å². The predicted molar refractivity (Wildman–Crippen MR) is 117 cm³/mol. The number of pyridine rings is 1. The van der Waals surface area contributed by atoms with Crippen LogP contribution >= 0.6 is 0 Å². The quantitative estimate of drug-likeness (QED) is 0.519. The van der Waals surface area contributed by atoms with Gasteiger partial charge in [0, 0.05) is 18.8 Å². The molecule has 2 aromatic heterocycles. The van der Waals surface area contributed by atoms with Gasteiger partial charge in [-0.3, -0.25) is 4.79 Å². The molecule has 30 heavy (non-hydrogen) atoms. The lowest BCUT2D eigenvalue weighted by Gasteiger charge is -2.29. The lowest BCUT2D eigenvalue weighted by molar-refractivity contribution is 0.0736. The first-order valence-electron chi connectivity index (χ1n) is 10.3. The number of hydrogen-bond acceptors (Lipinski definition) is 3. The number of carbonyl (C=O) groups excluding carboxylic acids is 1. The van der Waals surface area contributed by atoms with E-state index in [1.165, 1.54) is 16.7 Å². The standard InChI is InChI=1S/C25H24N4O/c1-17-7-9-19(10-8-17)15-29-24-23(14-26-29)22(13-18(2)27-24)25(30)28-12-11-20-5-3-4-6-21(20)16-28/h3-10,13-14H,11-12,15-16H2,1-2H3. The van der Waals surface area contributed by atoms with E-state index in [4.69, 9.17) is 4.98 Å². The maximum Gasteiger partial charge on any atom is 0.255 e. The van der Waals surface area contributed by atoms with Crippen LogP contribution in [0.1, 0.15) is 38.3 Å². The Hall–Kier alpha value is -3.47. The van der Waals surface area contributed by atoms with E-state index >= 15 is 0 Å². The number of rotatable bonds is 3. The second-order valence-corrected chi connectivity index (χ2v) is 8.08. The highest BCUT2D eigenvalue weighted by molar-refractivity contribution is 6.05. The molecular formula is C25H24N4O. The number of aryl methyl sites for hydroxylation is 2. The van der Waals surface area contributed by atoms with E-state index in [9.17, 15) is 4.79 Å². The van der Waals surface area contributed by atoms with Gasteiger partial charge in [-0.25, -0.2) is 9.67 Å². The van der Waals surface area contributed by atoms with Crippen molar-refractivity contribution in [1.82, 2.24) is 19.7 Å². The van der Waals surface area contributed by atoms with Crippen LogP contribution in [0.25, 0.3) is 11.0 Å². The molecule has 1 aliphatic heterocycles. The fourth-order valence-electron chi connectivity index (χ4n) is 4.17. The van der Waals surface area contributed by atoms with Gasteiger partial charge in [-0.05, 0) is 43.0 Å². The summed E-state index contributed by atoms with van der Waals surface area (Å²) in [5.74, 6) is 0.0508. The number of benzene rings is 2. The largest absolute Gasteiger partial charge is 0.334 e. The molecule has 0 unspecified atom stereocenters. The topological polar surface area (TPSA) is 51.0 Å². The number of aromatic nitrogens is 3. The summed E-state index contributed by atoms with van der Waals surface area (Å²) in [5, 5.41) is 5.38. The zero-order valence-corrected chi connectivity index (χ0v) is 17.3. The van der Waals surface area contributed by atoms with Gasteiger partial charge < -0.3 is 4.90 Å². The molecule has 1 aliphatic rings. The highest BCUT2D eigenvalue weighted by Gasteiger charge is 2.24. The minimum atomic E-state index is 0.0508. The second kappa shape index (κ2) is 7.41. The molecule has 0 fully saturated rings. The molecule has 0 saturated heterocycles. The van der Waals surface area contributed by atoms with Crippen LogP contribution in [0.2, 0.25) is 0 Å². The molecule has 0 bridgehead atoms. The summed E-state index contributed by atoms with van der Waals surface area (Å²) >= 11 is 0. The van der Waals surface area contributed by atoms with Crippen LogP contribution in [0.3, 0.4) is 0 Å². The maximum absolute atomic E-state index is 13.4. The number of nitrogens with zero attached hydrogens (tertiary/aromatic N) is 4. The molecule has 5 rings (SSSR count). The summed E-state index contributed by atoms with van der Waals surface area (Å²) in [7, 11) is 0. The average Bonchev–Trinajstić information content (AvgIpc) is 3.16. The average molecular weight is 396 g/mol. The summed E-state index contributed by atoms with van der Waals surface area (Å²) in [6.45, 7) is 6.02. The number of fused-ring (bicyclic) bond motifs is 2. The number of carbonyl (C=O) groups is 1. The van der Waals surface area contributed by atoms with Crippen molar-refractivity contribution in [2.45, 2.75) is 33.4 Å². The van der Waals surface area contributed by atoms with E-state index in [0.29, 0.717) is 18.7 Å². The van der Waals surface area contributed by atoms with Crippen LogP contribution in [-0.2, 0) is 19.5 Å². The van der Waals surface area contributed by atoms with E-state index in [1.807, 2.05) is 28.6 Å². The Morgan fingerprint density at radius 2 is 1.80 bits per heavy atom. The lowest BCUT2D eigenvalue weighted by Crippen LogP contribution is -2.36. The van der Waals surface area contributed by atoms with E-state index in [-0.39, 0.29) is 5.91 Å². The smallest absolute Gasteiger partial charge is 0.255 e. The van der Waals surface area contributed by atoms with Crippen LogP contribution in [0, 0.1) is 13.8 Å². The van der Waals surface area contributed by atoms with Crippen molar-refractivity contribution < 1.29 is 4.79 Å². The predicted octanol–water partition coefficient (Wildman–Crippen LogP) is 4.29. The summed E-state index contributed by atoms with van der Waals surface area (Å²) < 4.78 is 1.88. The molecule has 0 radical (unpaired) electrons. The third-order valence-corrected chi connectivity index (χ3v) is 5.84. The van der Waals surface area contributed by atoms with Crippen LogP contribution in [0.15, 0.2) is 60.8 Å². The zero-order valence-electron chi connectivity index (χ0n) is 17.3. The van der Waals surface area contributed by atoms with Crippen molar-refractivity contribution in [2.24, 2.45) is 0 Å². The number of hydrogen-bond donors (Lipinski definition) is 0. The van der Waals surface area contributed by atoms with E-state index in [2.05, 4.69) is 54.5 Å². The summed E-state index contributed by atoms with van der Waals surface area (Å²) in [6, 6.07) is 18.7. The third kappa shape index (κ3) is 3.36.